The molecule has 23 nitrogen and oxygen atoms in total. The molecule has 0 unspecified atom stereocenters. The lowest BCUT2D eigenvalue weighted by Gasteiger charge is -2.31. The van der Waals surface area contributed by atoms with E-state index in [4.69, 9.17) is 9.47 Å². The minimum absolute atomic E-state index is 0.0370. The van der Waals surface area contributed by atoms with Crippen LogP contribution in [0.1, 0.15) is 78.2 Å². The van der Waals surface area contributed by atoms with Crippen LogP contribution in [0.2, 0.25) is 0 Å². The van der Waals surface area contributed by atoms with Crippen LogP contribution < -0.4 is 31.9 Å². The van der Waals surface area contributed by atoms with Crippen LogP contribution in [-0.4, -0.2) is 129 Å². The molecule has 0 aliphatic rings. The first kappa shape index (κ1) is 47.6. The molecule has 0 spiro atoms. The van der Waals surface area contributed by atoms with E-state index in [1.165, 1.54) is 77.8 Å². The van der Waals surface area contributed by atoms with Crippen LogP contribution in [-0.2, 0) is 63.9 Å². The fourth-order valence-electron chi connectivity index (χ4n) is 5.84. The Morgan fingerprint density at radius 1 is 0.532 bits per heavy atom. The number of hydrogen-bond donors (Lipinski definition) is 10. The van der Waals surface area contributed by atoms with Crippen LogP contribution in [0.5, 0.6) is 0 Å². The van der Waals surface area contributed by atoms with Gasteiger partial charge in [-0.1, -0.05) is 0 Å². The third-order valence-electron chi connectivity index (χ3n) is 9.04. The Morgan fingerprint density at radius 3 is 1.23 bits per heavy atom. The van der Waals surface area contributed by atoms with Crippen molar-refractivity contribution < 1.29 is 43.0 Å². The topological polar surface area (TPSA) is 325 Å². The predicted octanol–water partition coefficient (Wildman–Crippen LogP) is -0.450. The second kappa shape index (κ2) is 20.9. The smallest absolute Gasteiger partial charge is 0.408 e. The van der Waals surface area contributed by atoms with Gasteiger partial charge in [0, 0.05) is 73.2 Å². The SMILES string of the molecule is CCOC(=O)C(C)(C)NC(=O)[C@H](Cc1cnc[nH]1)NC(=O)[C@H](Cc1cnc[nH]1)NC(=O)C(C)(C)NC(=O)[C@H](Cc1cnc[nH]1)NC(=O)[C@H](Cc1cnc[nH]1)NC(=O)OC(C)(C)C. The maximum atomic E-state index is 14.1. The molecule has 0 saturated heterocycles. The molecule has 0 aromatic carbocycles. The molecule has 0 aliphatic heterocycles. The first-order valence-electron chi connectivity index (χ1n) is 19.8. The van der Waals surface area contributed by atoms with Gasteiger partial charge in [-0.15, -0.1) is 0 Å². The second-order valence-corrected chi connectivity index (χ2v) is 16.4. The number of amides is 6. The molecule has 0 bridgehead atoms. The normalized spacial score (nSPS) is 13.7. The lowest BCUT2D eigenvalue weighted by atomic mass is 10.00. The Balaban J connectivity index is 1.54. The summed E-state index contributed by atoms with van der Waals surface area (Å²) in [5, 5.41) is 15.9. The van der Waals surface area contributed by atoms with E-state index < -0.39 is 82.4 Å². The van der Waals surface area contributed by atoms with E-state index in [1.54, 1.807) is 27.7 Å². The molecule has 4 rings (SSSR count). The highest BCUT2D eigenvalue weighted by molar-refractivity contribution is 5.98. The van der Waals surface area contributed by atoms with Gasteiger partial charge in [-0.2, -0.15) is 0 Å². The molecule has 0 saturated carbocycles. The molecule has 0 fully saturated rings. The molecule has 23 heteroatoms. The van der Waals surface area contributed by atoms with Crippen molar-refractivity contribution in [2.75, 3.05) is 6.61 Å². The standard InChI is InChI=1S/C39H56N14O9/c1-9-61-35(59)39(7,8)53-33(57)29(13-25-17-43-21-47-25)48-30(54)26(10-22-14-40-18-44-22)50-34(58)38(5,6)52-32(56)28(12-24-16-42-20-46-24)49-31(55)27(11-23-15-41-19-45-23)51-36(60)62-37(2,3)4/h14-21,26-29H,9-13H2,1-8H3,(H,40,44)(H,41,45)(H,42,46)(H,43,47)(H,48,54)(H,49,55)(H,50,58)(H,51,60)(H,52,56)(H,53,57)/t26-,27-,28-,29-/m0/s1. The number of esters is 1. The average Bonchev–Trinajstić information content (AvgIpc) is 4.03. The van der Waals surface area contributed by atoms with E-state index in [-0.39, 0.29) is 32.3 Å². The van der Waals surface area contributed by atoms with Gasteiger partial charge in [-0.25, -0.2) is 29.5 Å². The summed E-state index contributed by atoms with van der Waals surface area (Å²) < 4.78 is 10.5. The summed E-state index contributed by atoms with van der Waals surface area (Å²) in [5.74, 6) is -4.54. The molecule has 6 amide bonds. The van der Waals surface area contributed by atoms with Gasteiger partial charge in [0.15, 0.2) is 0 Å². The van der Waals surface area contributed by atoms with Crippen molar-refractivity contribution in [1.29, 1.82) is 0 Å². The van der Waals surface area contributed by atoms with Crippen molar-refractivity contribution in [2.24, 2.45) is 0 Å². The third-order valence-corrected chi connectivity index (χ3v) is 9.04. The number of imidazole rings is 4. The molecule has 336 valence electrons. The number of nitrogens with one attached hydrogen (secondary N) is 10. The summed E-state index contributed by atoms with van der Waals surface area (Å²) >= 11 is 0. The fourth-order valence-corrected chi connectivity index (χ4v) is 5.84. The molecular weight excluding hydrogens is 809 g/mol. The van der Waals surface area contributed by atoms with Crippen molar-refractivity contribution >= 4 is 41.6 Å². The summed E-state index contributed by atoms with van der Waals surface area (Å²) in [7, 11) is 0. The van der Waals surface area contributed by atoms with Crippen LogP contribution in [0.3, 0.4) is 0 Å². The van der Waals surface area contributed by atoms with Gasteiger partial charge < -0.3 is 61.3 Å². The Labute approximate surface area is 357 Å². The zero-order chi connectivity index (χ0) is 45.7. The number of carbonyl (C=O) groups is 7. The number of nitrogens with zero attached hydrogens (tertiary/aromatic N) is 4. The summed E-state index contributed by atoms with van der Waals surface area (Å²) in [4.78, 5) is 123. The van der Waals surface area contributed by atoms with Crippen molar-refractivity contribution in [2.45, 2.75) is 122 Å². The Morgan fingerprint density at radius 2 is 0.887 bits per heavy atom. The van der Waals surface area contributed by atoms with E-state index in [1.807, 2.05) is 0 Å². The van der Waals surface area contributed by atoms with Crippen LogP contribution in [0.4, 0.5) is 4.79 Å². The van der Waals surface area contributed by atoms with Gasteiger partial charge in [0.25, 0.3) is 0 Å². The van der Waals surface area contributed by atoms with E-state index in [2.05, 4.69) is 71.8 Å². The average molecular weight is 865 g/mol. The Bertz CT molecular complexity index is 2090. The minimum Gasteiger partial charge on any atom is -0.464 e. The molecule has 4 aromatic heterocycles. The predicted molar refractivity (Wildman–Crippen MR) is 219 cm³/mol. The molecule has 0 radical (unpaired) electrons. The highest BCUT2D eigenvalue weighted by Crippen LogP contribution is 2.13. The van der Waals surface area contributed by atoms with Gasteiger partial charge in [0.2, 0.25) is 29.5 Å². The number of H-pyrrole nitrogens is 4. The lowest BCUT2D eigenvalue weighted by molar-refractivity contribution is -0.152. The van der Waals surface area contributed by atoms with E-state index in [9.17, 15) is 33.6 Å². The van der Waals surface area contributed by atoms with Crippen LogP contribution in [0.15, 0.2) is 50.1 Å². The van der Waals surface area contributed by atoms with Gasteiger partial charge in [0.1, 0.15) is 40.8 Å². The van der Waals surface area contributed by atoms with Crippen molar-refractivity contribution in [3.8, 4) is 0 Å². The maximum Gasteiger partial charge on any atom is 0.408 e. The quantitative estimate of drug-likeness (QED) is 0.0476. The van der Waals surface area contributed by atoms with Gasteiger partial charge >= 0.3 is 12.1 Å². The number of rotatable bonds is 21. The zero-order valence-electron chi connectivity index (χ0n) is 35.9. The Kier molecular flexibility index (Phi) is 16.1. The third kappa shape index (κ3) is 14.6. The number of alkyl carbamates (subject to hydrolysis) is 1. The van der Waals surface area contributed by atoms with Crippen LogP contribution >= 0.6 is 0 Å². The first-order valence-corrected chi connectivity index (χ1v) is 19.8. The number of carbonyl (C=O) groups excluding carboxylic acids is 7. The molecule has 0 aliphatic carbocycles. The summed E-state index contributed by atoms with van der Waals surface area (Å²) in [6.07, 6.45) is 10.3. The van der Waals surface area contributed by atoms with E-state index in [0.717, 1.165) is 0 Å². The molecule has 62 heavy (non-hydrogen) atoms. The summed E-state index contributed by atoms with van der Waals surface area (Å²) in [5.41, 5.74) is -2.13. The monoisotopic (exact) mass is 864 g/mol. The highest BCUT2D eigenvalue weighted by Gasteiger charge is 2.39. The van der Waals surface area contributed by atoms with Gasteiger partial charge in [-0.05, 0) is 55.4 Å². The van der Waals surface area contributed by atoms with Crippen LogP contribution in [0, 0.1) is 0 Å². The largest absolute Gasteiger partial charge is 0.464 e. The zero-order valence-corrected chi connectivity index (χ0v) is 35.9. The van der Waals surface area contributed by atoms with Gasteiger partial charge in [0.05, 0.1) is 31.9 Å². The summed E-state index contributed by atoms with van der Waals surface area (Å²) in [6.45, 7) is 12.4. The van der Waals surface area contributed by atoms with Crippen molar-refractivity contribution in [1.82, 2.24) is 71.8 Å². The number of aromatic amines is 4. The molecule has 10 N–H and O–H groups in total. The molecule has 4 aromatic rings. The molecule has 4 atom stereocenters. The number of hydrogen-bond acceptors (Lipinski definition) is 13. The van der Waals surface area contributed by atoms with Gasteiger partial charge in [-0.3, -0.25) is 24.0 Å². The first-order chi connectivity index (χ1) is 29.2. The van der Waals surface area contributed by atoms with E-state index >= 15 is 0 Å². The number of ether oxygens (including phenoxy) is 2. The highest BCUT2D eigenvalue weighted by atomic mass is 16.6. The van der Waals surface area contributed by atoms with Crippen LogP contribution in [0.25, 0.3) is 0 Å². The minimum atomic E-state index is -1.72. The lowest BCUT2D eigenvalue weighted by Crippen LogP contribution is -2.64. The fraction of sp³-hybridized carbons (Fsp3) is 0.513. The maximum absolute atomic E-state index is 14.1. The summed E-state index contributed by atoms with van der Waals surface area (Å²) in [6, 6.07) is -5.14. The molecule has 4 heterocycles. The van der Waals surface area contributed by atoms with E-state index in [0.29, 0.717) is 22.8 Å². The van der Waals surface area contributed by atoms with Crippen molar-refractivity contribution in [3.63, 3.8) is 0 Å². The second-order valence-electron chi connectivity index (χ2n) is 16.4. The van der Waals surface area contributed by atoms with Crippen molar-refractivity contribution in [3.05, 3.63) is 72.9 Å². The number of aromatic nitrogens is 8. The Hall–Kier alpha value is -7.07. The molecular formula is C39H56N14O9.